The lowest BCUT2D eigenvalue weighted by Crippen LogP contribution is -2.05. The SMILES string of the molecule is Cc1cc(F)cc(NCCc2scnc2C)c1. The predicted molar refractivity (Wildman–Crippen MR) is 70.2 cm³/mol. The molecule has 1 N–H and O–H groups in total. The summed E-state index contributed by atoms with van der Waals surface area (Å²) in [6.07, 6.45) is 0.923. The molecule has 0 bridgehead atoms. The standard InChI is InChI=1S/C13H15FN2S/c1-9-5-11(14)7-12(6-9)15-4-3-13-10(2)16-8-17-13/h5-8,15H,3-4H2,1-2H3. The summed E-state index contributed by atoms with van der Waals surface area (Å²) in [5.74, 6) is -0.193. The van der Waals surface area contributed by atoms with Crippen molar-refractivity contribution in [2.45, 2.75) is 20.3 Å². The first kappa shape index (κ1) is 12.0. The van der Waals surface area contributed by atoms with Crippen LogP contribution in [0.3, 0.4) is 0 Å². The molecule has 0 atom stereocenters. The summed E-state index contributed by atoms with van der Waals surface area (Å²) in [5.41, 5.74) is 4.72. The number of aromatic nitrogens is 1. The Balaban J connectivity index is 1.92. The number of rotatable bonds is 4. The molecule has 1 aromatic heterocycles. The van der Waals surface area contributed by atoms with Gasteiger partial charge in [0.25, 0.3) is 0 Å². The Morgan fingerprint density at radius 3 is 2.76 bits per heavy atom. The minimum Gasteiger partial charge on any atom is -0.385 e. The van der Waals surface area contributed by atoms with Gasteiger partial charge in [-0.15, -0.1) is 11.3 Å². The molecule has 2 nitrogen and oxygen atoms in total. The number of hydrogen-bond acceptors (Lipinski definition) is 3. The quantitative estimate of drug-likeness (QED) is 0.897. The third-order valence-electron chi connectivity index (χ3n) is 2.57. The summed E-state index contributed by atoms with van der Waals surface area (Å²) in [6, 6.07) is 4.99. The highest BCUT2D eigenvalue weighted by Crippen LogP contribution is 2.15. The molecule has 0 radical (unpaired) electrons. The fourth-order valence-electron chi connectivity index (χ4n) is 1.72. The first-order chi connectivity index (χ1) is 8.15. The van der Waals surface area contributed by atoms with Crippen molar-refractivity contribution in [2.75, 3.05) is 11.9 Å². The molecule has 0 aliphatic rings. The number of aryl methyl sites for hydroxylation is 2. The summed E-state index contributed by atoms with van der Waals surface area (Å²) >= 11 is 1.67. The average molecular weight is 250 g/mol. The molecule has 2 aromatic rings. The monoisotopic (exact) mass is 250 g/mol. The fourth-order valence-corrected chi connectivity index (χ4v) is 2.51. The minimum atomic E-state index is -0.193. The molecule has 1 aromatic carbocycles. The van der Waals surface area contributed by atoms with Crippen molar-refractivity contribution in [1.82, 2.24) is 4.98 Å². The van der Waals surface area contributed by atoms with Gasteiger partial charge in [0, 0.05) is 23.5 Å². The zero-order valence-corrected chi connectivity index (χ0v) is 10.8. The molecule has 90 valence electrons. The second-order valence-corrected chi connectivity index (χ2v) is 4.99. The van der Waals surface area contributed by atoms with Gasteiger partial charge in [-0.1, -0.05) is 0 Å². The van der Waals surface area contributed by atoms with E-state index in [2.05, 4.69) is 10.3 Å². The van der Waals surface area contributed by atoms with E-state index in [1.165, 1.54) is 17.0 Å². The molecule has 17 heavy (non-hydrogen) atoms. The lowest BCUT2D eigenvalue weighted by atomic mass is 10.2. The van der Waals surface area contributed by atoms with Crippen LogP contribution in [0.4, 0.5) is 10.1 Å². The molecule has 2 rings (SSSR count). The number of nitrogens with zero attached hydrogens (tertiary/aromatic N) is 1. The van der Waals surface area contributed by atoms with E-state index < -0.39 is 0 Å². The van der Waals surface area contributed by atoms with Crippen LogP contribution in [0.15, 0.2) is 23.7 Å². The maximum absolute atomic E-state index is 13.1. The van der Waals surface area contributed by atoms with Crippen LogP contribution in [0.2, 0.25) is 0 Å². The lowest BCUT2D eigenvalue weighted by molar-refractivity contribution is 0.627. The van der Waals surface area contributed by atoms with Gasteiger partial charge >= 0.3 is 0 Å². The topological polar surface area (TPSA) is 24.9 Å². The predicted octanol–water partition coefficient (Wildman–Crippen LogP) is 3.55. The highest BCUT2D eigenvalue weighted by Gasteiger charge is 2.01. The van der Waals surface area contributed by atoms with E-state index >= 15 is 0 Å². The van der Waals surface area contributed by atoms with Crippen molar-refractivity contribution in [1.29, 1.82) is 0 Å². The number of halogens is 1. The van der Waals surface area contributed by atoms with Gasteiger partial charge < -0.3 is 5.32 Å². The van der Waals surface area contributed by atoms with Crippen molar-refractivity contribution in [3.05, 3.63) is 45.7 Å². The second-order valence-electron chi connectivity index (χ2n) is 4.05. The molecule has 0 amide bonds. The Morgan fingerprint density at radius 2 is 2.12 bits per heavy atom. The van der Waals surface area contributed by atoms with Gasteiger partial charge in [-0.3, -0.25) is 0 Å². The van der Waals surface area contributed by atoms with E-state index in [-0.39, 0.29) is 5.82 Å². The van der Waals surface area contributed by atoms with E-state index in [9.17, 15) is 4.39 Å². The number of thiazole rings is 1. The molecule has 0 saturated carbocycles. The third kappa shape index (κ3) is 3.27. The van der Waals surface area contributed by atoms with Gasteiger partial charge in [0.1, 0.15) is 5.82 Å². The molecule has 0 fully saturated rings. The summed E-state index contributed by atoms with van der Waals surface area (Å²) in [5, 5.41) is 3.23. The Hall–Kier alpha value is -1.42. The Kier molecular flexibility index (Phi) is 3.74. The first-order valence-corrected chi connectivity index (χ1v) is 6.43. The Labute approximate surface area is 105 Å². The zero-order valence-electron chi connectivity index (χ0n) is 9.96. The fraction of sp³-hybridized carbons (Fsp3) is 0.308. The molecule has 0 aliphatic heterocycles. The van der Waals surface area contributed by atoms with Crippen LogP contribution in [-0.4, -0.2) is 11.5 Å². The second kappa shape index (κ2) is 5.27. The van der Waals surface area contributed by atoms with Gasteiger partial charge in [0.15, 0.2) is 0 Å². The molecular formula is C13H15FN2S. The van der Waals surface area contributed by atoms with Crippen molar-refractivity contribution in [2.24, 2.45) is 0 Å². The van der Waals surface area contributed by atoms with E-state index in [1.54, 1.807) is 11.3 Å². The van der Waals surface area contributed by atoms with Crippen LogP contribution in [0, 0.1) is 19.7 Å². The molecule has 4 heteroatoms. The van der Waals surface area contributed by atoms with Gasteiger partial charge in [-0.05, 0) is 37.6 Å². The molecule has 0 unspecified atom stereocenters. The normalized spacial score (nSPS) is 10.5. The van der Waals surface area contributed by atoms with Crippen LogP contribution < -0.4 is 5.32 Å². The van der Waals surface area contributed by atoms with E-state index in [0.29, 0.717) is 0 Å². The van der Waals surface area contributed by atoms with Crippen LogP contribution in [0.25, 0.3) is 0 Å². The average Bonchev–Trinajstić information content (AvgIpc) is 2.63. The molecule has 1 heterocycles. The Morgan fingerprint density at radius 1 is 1.29 bits per heavy atom. The lowest BCUT2D eigenvalue weighted by Gasteiger charge is -2.07. The van der Waals surface area contributed by atoms with E-state index in [4.69, 9.17) is 0 Å². The van der Waals surface area contributed by atoms with Gasteiger partial charge in [0.05, 0.1) is 11.2 Å². The van der Waals surface area contributed by atoms with Crippen LogP contribution in [0.1, 0.15) is 16.1 Å². The van der Waals surface area contributed by atoms with Crippen molar-refractivity contribution < 1.29 is 4.39 Å². The number of nitrogens with one attached hydrogen (secondary N) is 1. The summed E-state index contributed by atoms with van der Waals surface area (Å²) in [7, 11) is 0. The summed E-state index contributed by atoms with van der Waals surface area (Å²) < 4.78 is 13.1. The maximum atomic E-state index is 13.1. The summed E-state index contributed by atoms with van der Waals surface area (Å²) in [4.78, 5) is 5.48. The summed E-state index contributed by atoms with van der Waals surface area (Å²) in [6.45, 7) is 4.70. The van der Waals surface area contributed by atoms with Crippen molar-refractivity contribution in [3.63, 3.8) is 0 Å². The molecule has 0 spiro atoms. The minimum absolute atomic E-state index is 0.193. The smallest absolute Gasteiger partial charge is 0.125 e. The third-order valence-corrected chi connectivity index (χ3v) is 3.56. The van der Waals surface area contributed by atoms with Crippen LogP contribution in [0.5, 0.6) is 0 Å². The van der Waals surface area contributed by atoms with Crippen LogP contribution in [-0.2, 0) is 6.42 Å². The largest absolute Gasteiger partial charge is 0.385 e. The zero-order chi connectivity index (χ0) is 12.3. The van der Waals surface area contributed by atoms with Crippen molar-refractivity contribution >= 4 is 17.0 Å². The maximum Gasteiger partial charge on any atom is 0.125 e. The number of hydrogen-bond donors (Lipinski definition) is 1. The van der Waals surface area contributed by atoms with E-state index in [1.807, 2.05) is 25.4 Å². The van der Waals surface area contributed by atoms with Crippen molar-refractivity contribution in [3.8, 4) is 0 Å². The van der Waals surface area contributed by atoms with Crippen LogP contribution >= 0.6 is 11.3 Å². The first-order valence-electron chi connectivity index (χ1n) is 5.55. The van der Waals surface area contributed by atoms with Gasteiger partial charge in [-0.2, -0.15) is 0 Å². The number of anilines is 1. The van der Waals surface area contributed by atoms with Gasteiger partial charge in [-0.25, -0.2) is 9.37 Å². The molecule has 0 aliphatic carbocycles. The number of benzene rings is 1. The highest BCUT2D eigenvalue weighted by atomic mass is 32.1. The Bertz CT molecular complexity index is 488. The van der Waals surface area contributed by atoms with Gasteiger partial charge in [0.2, 0.25) is 0 Å². The molecule has 0 saturated heterocycles. The highest BCUT2D eigenvalue weighted by molar-refractivity contribution is 7.09. The van der Waals surface area contributed by atoms with E-state index in [0.717, 1.165) is 29.9 Å². The molecular weight excluding hydrogens is 235 g/mol.